The molecule has 2 heteroatoms. The van der Waals surface area contributed by atoms with Crippen LogP contribution in [0, 0.1) is 0 Å². The van der Waals surface area contributed by atoms with Crippen molar-refractivity contribution in [1.29, 1.82) is 0 Å². The van der Waals surface area contributed by atoms with Crippen LogP contribution in [0.2, 0.25) is 0 Å². The Kier molecular flexibility index (Phi) is 3.93. The molecule has 1 unspecified atom stereocenters. The molecular weight excluding hydrogens is 272 g/mol. The fraction of sp³-hybridized carbons (Fsp3) is 0.300. The molecule has 22 heavy (non-hydrogen) atoms. The quantitative estimate of drug-likeness (QED) is 0.671. The van der Waals surface area contributed by atoms with Crippen LogP contribution in [0.15, 0.2) is 55.1 Å². The Balaban J connectivity index is 2.06. The second kappa shape index (κ2) is 5.88. The fourth-order valence-corrected chi connectivity index (χ4v) is 3.57. The highest BCUT2D eigenvalue weighted by Gasteiger charge is 2.33. The average Bonchev–Trinajstić information content (AvgIpc) is 2.74. The first-order chi connectivity index (χ1) is 10.7. The predicted octanol–water partition coefficient (Wildman–Crippen LogP) is 4.40. The van der Waals surface area contributed by atoms with Gasteiger partial charge in [-0.2, -0.15) is 0 Å². The molecule has 0 aromatic heterocycles. The van der Waals surface area contributed by atoms with Crippen LogP contribution in [-0.2, 0) is 18.3 Å². The van der Waals surface area contributed by atoms with Gasteiger partial charge in [-0.3, -0.25) is 0 Å². The van der Waals surface area contributed by atoms with E-state index in [1.165, 1.54) is 11.1 Å². The molecule has 0 bridgehead atoms. The van der Waals surface area contributed by atoms with Crippen LogP contribution in [-0.4, -0.2) is 12.2 Å². The van der Waals surface area contributed by atoms with Crippen LogP contribution in [0.4, 0.5) is 0 Å². The van der Waals surface area contributed by atoms with E-state index >= 15 is 0 Å². The molecule has 0 heterocycles. The third-order valence-corrected chi connectivity index (χ3v) is 4.82. The topological polar surface area (TPSA) is 29.5 Å². The maximum absolute atomic E-state index is 10.3. The van der Waals surface area contributed by atoms with Crippen molar-refractivity contribution in [3.05, 3.63) is 71.8 Å². The predicted molar refractivity (Wildman–Crippen MR) is 89.6 cm³/mol. The molecular formula is C20H22O2. The number of allylic oxidation sites excluding steroid dienone is 1. The molecule has 0 saturated carbocycles. The molecule has 0 spiro atoms. The third kappa shape index (κ3) is 2.50. The van der Waals surface area contributed by atoms with E-state index in [9.17, 15) is 5.11 Å². The lowest BCUT2D eigenvalue weighted by molar-refractivity contribution is 0.414. The smallest absolute Gasteiger partial charge is 0.119 e. The van der Waals surface area contributed by atoms with E-state index in [4.69, 9.17) is 4.74 Å². The number of ether oxygens (including phenoxy) is 1. The van der Waals surface area contributed by atoms with E-state index in [0.717, 1.165) is 37.0 Å². The SMILES string of the molecule is C=CC1(c2ccccc2O)CCCc2cc(OC)ccc2C1. The monoisotopic (exact) mass is 294 g/mol. The van der Waals surface area contributed by atoms with Gasteiger partial charge >= 0.3 is 0 Å². The van der Waals surface area contributed by atoms with Crippen molar-refractivity contribution in [3.8, 4) is 11.5 Å². The van der Waals surface area contributed by atoms with Crippen molar-refractivity contribution in [1.82, 2.24) is 0 Å². The summed E-state index contributed by atoms with van der Waals surface area (Å²) >= 11 is 0. The summed E-state index contributed by atoms with van der Waals surface area (Å²) in [6.07, 6.45) is 5.98. The van der Waals surface area contributed by atoms with Crippen LogP contribution in [0.25, 0.3) is 0 Å². The fourth-order valence-electron chi connectivity index (χ4n) is 3.57. The Morgan fingerprint density at radius 1 is 1.18 bits per heavy atom. The van der Waals surface area contributed by atoms with Gasteiger partial charge in [-0.25, -0.2) is 0 Å². The van der Waals surface area contributed by atoms with Crippen molar-refractivity contribution in [2.75, 3.05) is 7.11 Å². The highest BCUT2D eigenvalue weighted by atomic mass is 16.5. The molecule has 1 atom stereocenters. The molecule has 1 aliphatic carbocycles. The van der Waals surface area contributed by atoms with Crippen LogP contribution in [0.5, 0.6) is 11.5 Å². The number of hydrogen-bond acceptors (Lipinski definition) is 2. The lowest BCUT2D eigenvalue weighted by Crippen LogP contribution is -2.25. The van der Waals surface area contributed by atoms with E-state index in [0.29, 0.717) is 5.75 Å². The molecule has 1 aliphatic rings. The van der Waals surface area contributed by atoms with Gasteiger partial charge in [0.15, 0.2) is 0 Å². The lowest BCUT2D eigenvalue weighted by atomic mass is 9.73. The van der Waals surface area contributed by atoms with Gasteiger partial charge in [-0.1, -0.05) is 30.3 Å². The molecule has 0 saturated heterocycles. The molecule has 0 amide bonds. The van der Waals surface area contributed by atoms with Crippen molar-refractivity contribution in [2.24, 2.45) is 0 Å². The van der Waals surface area contributed by atoms with Crippen molar-refractivity contribution < 1.29 is 9.84 Å². The summed E-state index contributed by atoms with van der Waals surface area (Å²) in [7, 11) is 1.70. The van der Waals surface area contributed by atoms with E-state index in [1.807, 2.05) is 30.3 Å². The summed E-state index contributed by atoms with van der Waals surface area (Å²) in [6, 6.07) is 13.9. The Morgan fingerprint density at radius 2 is 2.00 bits per heavy atom. The zero-order valence-corrected chi connectivity index (χ0v) is 13.0. The largest absolute Gasteiger partial charge is 0.508 e. The van der Waals surface area contributed by atoms with E-state index < -0.39 is 0 Å². The summed E-state index contributed by atoms with van der Waals surface area (Å²) in [5.41, 5.74) is 3.44. The second-order valence-corrected chi connectivity index (χ2v) is 6.04. The number of aromatic hydroxyl groups is 1. The van der Waals surface area contributed by atoms with E-state index in [2.05, 4.69) is 18.7 Å². The van der Waals surface area contributed by atoms with Gasteiger partial charge in [0.25, 0.3) is 0 Å². The van der Waals surface area contributed by atoms with E-state index in [1.54, 1.807) is 13.2 Å². The number of benzene rings is 2. The first kappa shape index (κ1) is 14.7. The highest BCUT2D eigenvalue weighted by Crippen LogP contribution is 2.42. The first-order valence-electron chi connectivity index (χ1n) is 7.76. The standard InChI is InChI=1S/C20H22O2/c1-3-20(18-8-4-5-9-19(18)21)12-6-7-15-13-17(22-2)11-10-16(15)14-20/h3-5,8-11,13,21H,1,6-7,12,14H2,2H3. The lowest BCUT2D eigenvalue weighted by Gasteiger charge is -2.31. The molecule has 0 aliphatic heterocycles. The number of methoxy groups -OCH3 is 1. The number of para-hydroxylation sites is 1. The minimum Gasteiger partial charge on any atom is -0.508 e. The molecule has 2 aromatic carbocycles. The summed E-state index contributed by atoms with van der Waals surface area (Å²) in [4.78, 5) is 0. The number of rotatable bonds is 3. The summed E-state index contributed by atoms with van der Waals surface area (Å²) in [5, 5.41) is 10.3. The zero-order valence-electron chi connectivity index (χ0n) is 13.0. The number of fused-ring (bicyclic) bond motifs is 1. The molecule has 3 rings (SSSR count). The van der Waals surface area contributed by atoms with Gasteiger partial charge in [0, 0.05) is 11.0 Å². The minimum atomic E-state index is -0.203. The maximum Gasteiger partial charge on any atom is 0.119 e. The first-order valence-corrected chi connectivity index (χ1v) is 7.76. The molecule has 114 valence electrons. The molecule has 0 radical (unpaired) electrons. The Hall–Kier alpha value is -2.22. The van der Waals surface area contributed by atoms with Crippen molar-refractivity contribution >= 4 is 0 Å². The molecule has 1 N–H and O–H groups in total. The number of phenols is 1. The molecule has 2 aromatic rings. The van der Waals surface area contributed by atoms with Gasteiger partial charge in [0.05, 0.1) is 7.11 Å². The van der Waals surface area contributed by atoms with Gasteiger partial charge in [0.2, 0.25) is 0 Å². The average molecular weight is 294 g/mol. The third-order valence-electron chi connectivity index (χ3n) is 4.82. The maximum atomic E-state index is 10.3. The Labute approximate surface area is 132 Å². The van der Waals surface area contributed by atoms with Crippen LogP contribution < -0.4 is 4.74 Å². The second-order valence-electron chi connectivity index (χ2n) is 6.04. The van der Waals surface area contributed by atoms with E-state index in [-0.39, 0.29) is 5.41 Å². The van der Waals surface area contributed by atoms with Gasteiger partial charge in [-0.05, 0) is 55.0 Å². The van der Waals surface area contributed by atoms with Crippen molar-refractivity contribution in [3.63, 3.8) is 0 Å². The summed E-state index contributed by atoms with van der Waals surface area (Å²) in [5.74, 6) is 1.27. The van der Waals surface area contributed by atoms with Crippen LogP contribution >= 0.6 is 0 Å². The van der Waals surface area contributed by atoms with Gasteiger partial charge < -0.3 is 9.84 Å². The number of hydrogen-bond donors (Lipinski definition) is 1. The van der Waals surface area contributed by atoms with Crippen LogP contribution in [0.3, 0.4) is 0 Å². The molecule has 2 nitrogen and oxygen atoms in total. The normalized spacial score (nSPS) is 20.8. The van der Waals surface area contributed by atoms with Gasteiger partial charge in [0.1, 0.15) is 11.5 Å². The van der Waals surface area contributed by atoms with Crippen LogP contribution in [0.1, 0.15) is 29.5 Å². The van der Waals surface area contributed by atoms with Crippen molar-refractivity contribution in [2.45, 2.75) is 31.1 Å². The number of aryl methyl sites for hydroxylation is 1. The van der Waals surface area contributed by atoms with Gasteiger partial charge in [-0.15, -0.1) is 6.58 Å². The Morgan fingerprint density at radius 3 is 2.73 bits per heavy atom. The summed E-state index contributed by atoms with van der Waals surface area (Å²) in [6.45, 7) is 4.09. The number of phenolic OH excluding ortho intramolecular Hbond substituents is 1. The Bertz CT molecular complexity index is 690. The molecule has 0 fully saturated rings. The summed E-state index contributed by atoms with van der Waals surface area (Å²) < 4.78 is 5.34. The minimum absolute atomic E-state index is 0.203. The highest BCUT2D eigenvalue weighted by molar-refractivity contribution is 5.46. The zero-order chi connectivity index (χ0) is 15.6.